The van der Waals surface area contributed by atoms with Gasteiger partial charge in [0.25, 0.3) is 5.95 Å². The maximum Gasteiger partial charge on any atom is 0.302 e. The third-order valence-corrected chi connectivity index (χ3v) is 4.17. The van der Waals surface area contributed by atoms with Crippen molar-refractivity contribution in [3.05, 3.63) is 53.1 Å². The Hall–Kier alpha value is -2.84. The molecule has 3 aromatic rings. The predicted molar refractivity (Wildman–Crippen MR) is 87.4 cm³/mol. The van der Waals surface area contributed by atoms with E-state index in [-0.39, 0.29) is 11.5 Å². The lowest BCUT2D eigenvalue weighted by Gasteiger charge is -2.34. The number of anilines is 1. The van der Waals surface area contributed by atoms with Gasteiger partial charge in [0.05, 0.1) is 6.54 Å². The van der Waals surface area contributed by atoms with Gasteiger partial charge < -0.3 is 5.73 Å². The van der Waals surface area contributed by atoms with Crippen LogP contribution >= 0.6 is 0 Å². The normalized spacial score (nSPS) is 20.9. The highest BCUT2D eigenvalue weighted by atomic mass is 16.1. The van der Waals surface area contributed by atoms with Crippen LogP contribution < -0.4 is 21.2 Å². The molecular weight excluding hydrogens is 294 g/mol. The van der Waals surface area contributed by atoms with Gasteiger partial charge in [0.2, 0.25) is 5.65 Å². The van der Waals surface area contributed by atoms with Crippen LogP contribution in [0.1, 0.15) is 0 Å². The molecule has 0 amide bonds. The monoisotopic (exact) mass is 310 g/mol. The molecule has 2 aromatic heterocycles. The molecule has 0 bridgehead atoms. The van der Waals surface area contributed by atoms with Crippen molar-refractivity contribution in [2.45, 2.75) is 0 Å². The summed E-state index contributed by atoms with van der Waals surface area (Å²) >= 11 is 0. The third kappa shape index (κ3) is 2.00. The first-order valence-electron chi connectivity index (χ1n) is 7.36. The number of hydrogen-bond acceptors (Lipinski definition) is 6. The Balaban J connectivity index is 2.09. The minimum atomic E-state index is -0.458. The van der Waals surface area contributed by atoms with Gasteiger partial charge >= 0.3 is 5.56 Å². The third-order valence-electron chi connectivity index (χ3n) is 4.17. The van der Waals surface area contributed by atoms with Crippen molar-refractivity contribution in [2.75, 3.05) is 25.5 Å². The zero-order valence-corrected chi connectivity index (χ0v) is 12.4. The maximum atomic E-state index is 12.1. The van der Waals surface area contributed by atoms with E-state index in [1.54, 1.807) is 10.9 Å². The van der Waals surface area contributed by atoms with Gasteiger partial charge in [0, 0.05) is 24.5 Å². The number of para-hydroxylation sites is 1. The lowest BCUT2D eigenvalue weighted by molar-refractivity contribution is 0.260. The molecule has 1 aromatic carbocycles. The van der Waals surface area contributed by atoms with Crippen LogP contribution in [0.3, 0.4) is 0 Å². The number of nitrogens with zero attached hydrogens (tertiary/aromatic N) is 5. The fourth-order valence-electron chi connectivity index (χ4n) is 3.15. The maximum absolute atomic E-state index is 12.1. The average molecular weight is 310 g/mol. The number of benzene rings is 1. The van der Waals surface area contributed by atoms with Crippen LogP contribution in [0.4, 0.5) is 11.6 Å². The first-order valence-corrected chi connectivity index (χ1v) is 7.36. The second-order valence-corrected chi connectivity index (χ2v) is 5.46. The summed E-state index contributed by atoms with van der Waals surface area (Å²) in [6.07, 6.45) is 3.05. The predicted octanol–water partition coefficient (Wildman–Crippen LogP) is 0.1000. The summed E-state index contributed by atoms with van der Waals surface area (Å²) in [4.78, 5) is 24.5. The van der Waals surface area contributed by atoms with Crippen LogP contribution in [0.15, 0.2) is 47.5 Å². The highest BCUT2D eigenvalue weighted by molar-refractivity contribution is 5.71. The summed E-state index contributed by atoms with van der Waals surface area (Å²) in [6.45, 7) is 2.22. The largest absolute Gasteiger partial charge is 0.365 e. The summed E-state index contributed by atoms with van der Waals surface area (Å²) in [5.74, 6) is 0.135. The van der Waals surface area contributed by atoms with E-state index in [1.807, 2.05) is 30.3 Å². The quantitative estimate of drug-likeness (QED) is 0.651. The molecule has 116 valence electrons. The number of nitrogen functional groups attached to an aromatic ring is 1. The van der Waals surface area contributed by atoms with Gasteiger partial charge in [-0.2, -0.15) is 9.58 Å². The summed E-state index contributed by atoms with van der Waals surface area (Å²) in [5, 5.41) is 3.36. The van der Waals surface area contributed by atoms with Crippen molar-refractivity contribution in [2.24, 2.45) is 0 Å². The van der Waals surface area contributed by atoms with Crippen molar-refractivity contribution in [1.82, 2.24) is 29.5 Å². The molecule has 0 radical (unpaired) electrons. The number of fused-ring (bicyclic) bond motifs is 1. The molecule has 8 nitrogen and oxygen atoms in total. The molecule has 3 heterocycles. The molecule has 1 unspecified atom stereocenters. The van der Waals surface area contributed by atoms with E-state index < -0.39 is 5.56 Å². The average Bonchev–Trinajstić information content (AvgIpc) is 3.06. The Morgan fingerprint density at radius 3 is 2.70 bits per heavy atom. The molecular formula is C15H16N7O+. The molecule has 4 rings (SSSR count). The molecule has 3 N–H and O–H groups in total. The lowest BCUT2D eigenvalue weighted by Crippen LogP contribution is -2.54. The van der Waals surface area contributed by atoms with E-state index in [0.717, 1.165) is 18.8 Å². The number of nitrogens with one attached hydrogen (secondary N) is 1. The minimum absolute atomic E-state index is 0.135. The standard InChI is InChI=1S/C15H15N7O/c16-15-20-14(23)12-13(19-7-6-18-12)21(15)22(9-8-17-10-22)11-4-2-1-3-5-11/h1-7,17H,8-10H2,(H-,16,20,23)/p+1. The van der Waals surface area contributed by atoms with Gasteiger partial charge in [-0.3, -0.25) is 10.1 Å². The Morgan fingerprint density at radius 1 is 1.17 bits per heavy atom. The Morgan fingerprint density at radius 2 is 1.96 bits per heavy atom. The summed E-state index contributed by atoms with van der Waals surface area (Å²) in [6, 6.07) is 10.00. The number of rotatable bonds is 2. The number of quaternary nitrogens is 1. The SMILES string of the molecule is Nc1nc(=O)c2nccnc2n1[N+]1(c2ccccc2)CCNC1. The van der Waals surface area contributed by atoms with Crippen molar-refractivity contribution >= 4 is 22.8 Å². The minimum Gasteiger partial charge on any atom is -0.365 e. The van der Waals surface area contributed by atoms with Gasteiger partial charge in [0.15, 0.2) is 17.9 Å². The zero-order valence-electron chi connectivity index (χ0n) is 12.4. The summed E-state index contributed by atoms with van der Waals surface area (Å²) in [5.41, 5.74) is 7.38. The molecule has 0 spiro atoms. The summed E-state index contributed by atoms with van der Waals surface area (Å²) < 4.78 is 2.17. The Bertz CT molecular complexity index is 916. The molecule has 8 heteroatoms. The first-order chi connectivity index (χ1) is 11.2. The van der Waals surface area contributed by atoms with Crippen LogP contribution in [-0.2, 0) is 0 Å². The molecule has 1 saturated heterocycles. The smallest absolute Gasteiger partial charge is 0.302 e. The number of hydrogen-bond donors (Lipinski definition) is 2. The highest BCUT2D eigenvalue weighted by Gasteiger charge is 2.40. The van der Waals surface area contributed by atoms with Gasteiger partial charge in [-0.15, -0.1) is 4.68 Å². The molecule has 1 fully saturated rings. The zero-order chi connectivity index (χ0) is 15.9. The highest BCUT2D eigenvalue weighted by Crippen LogP contribution is 2.28. The number of nitrogens with two attached hydrogens (primary N) is 1. The Labute approximate surface area is 131 Å². The van der Waals surface area contributed by atoms with E-state index in [1.165, 1.54) is 6.20 Å². The van der Waals surface area contributed by atoms with Crippen LogP contribution in [0.2, 0.25) is 0 Å². The molecule has 1 aliphatic heterocycles. The molecule has 1 aliphatic rings. The van der Waals surface area contributed by atoms with Crippen molar-refractivity contribution in [3.63, 3.8) is 0 Å². The molecule has 0 saturated carbocycles. The second-order valence-electron chi connectivity index (χ2n) is 5.46. The topological polar surface area (TPSA) is 98.7 Å². The van der Waals surface area contributed by atoms with E-state index in [2.05, 4.69) is 20.3 Å². The van der Waals surface area contributed by atoms with E-state index in [4.69, 9.17) is 5.73 Å². The molecule has 1 atom stereocenters. The van der Waals surface area contributed by atoms with Crippen LogP contribution in [-0.4, -0.2) is 39.4 Å². The Kier molecular flexibility index (Phi) is 3.07. The summed E-state index contributed by atoms with van der Waals surface area (Å²) in [7, 11) is 0. The van der Waals surface area contributed by atoms with Crippen molar-refractivity contribution in [3.8, 4) is 0 Å². The van der Waals surface area contributed by atoms with Crippen LogP contribution in [0, 0.1) is 0 Å². The first kappa shape index (κ1) is 13.8. The fourth-order valence-corrected chi connectivity index (χ4v) is 3.15. The van der Waals surface area contributed by atoms with Gasteiger partial charge in [-0.05, 0) is 0 Å². The van der Waals surface area contributed by atoms with E-state index >= 15 is 0 Å². The van der Waals surface area contributed by atoms with Gasteiger partial charge in [0.1, 0.15) is 6.54 Å². The van der Waals surface area contributed by atoms with Crippen LogP contribution in [0.25, 0.3) is 11.2 Å². The number of aromatic nitrogens is 4. The fraction of sp³-hybridized carbons (Fsp3) is 0.200. The van der Waals surface area contributed by atoms with Gasteiger partial charge in [-0.25, -0.2) is 9.97 Å². The van der Waals surface area contributed by atoms with E-state index in [9.17, 15) is 4.79 Å². The van der Waals surface area contributed by atoms with Crippen molar-refractivity contribution < 1.29 is 0 Å². The second kappa shape index (κ2) is 5.11. The molecule has 23 heavy (non-hydrogen) atoms. The molecule has 0 aliphatic carbocycles. The lowest BCUT2D eigenvalue weighted by atomic mass is 10.3. The van der Waals surface area contributed by atoms with Gasteiger partial charge in [-0.1, -0.05) is 18.2 Å². The van der Waals surface area contributed by atoms with Crippen molar-refractivity contribution in [1.29, 1.82) is 0 Å². The van der Waals surface area contributed by atoms with Crippen LogP contribution in [0.5, 0.6) is 0 Å². The van der Waals surface area contributed by atoms with E-state index in [0.29, 0.717) is 16.9 Å².